The lowest BCUT2D eigenvalue weighted by molar-refractivity contribution is -0.388. The molecule has 1 aromatic carbocycles. The quantitative estimate of drug-likeness (QED) is 0.649. The van der Waals surface area contributed by atoms with Gasteiger partial charge in [0.15, 0.2) is 5.03 Å². The Kier molecular flexibility index (Phi) is 4.59. The van der Waals surface area contributed by atoms with Crippen molar-refractivity contribution < 1.29 is 14.8 Å². The van der Waals surface area contributed by atoms with Crippen molar-refractivity contribution in [2.24, 2.45) is 0 Å². The lowest BCUT2D eigenvalue weighted by atomic mass is 10.2. The fourth-order valence-electron chi connectivity index (χ4n) is 1.60. The Morgan fingerprint density at radius 3 is 2.71 bits per heavy atom. The van der Waals surface area contributed by atoms with E-state index < -0.39 is 10.9 Å². The Morgan fingerprint density at radius 1 is 1.38 bits per heavy atom. The molecule has 2 aromatic rings. The second kappa shape index (κ2) is 6.23. The number of carboxylic acid groups (broad SMARTS) is 1. The summed E-state index contributed by atoms with van der Waals surface area (Å²) < 4.78 is 0.685. The highest BCUT2D eigenvalue weighted by Crippen LogP contribution is 2.36. The van der Waals surface area contributed by atoms with Crippen LogP contribution in [0.5, 0.6) is 0 Å². The second-order valence-electron chi connectivity index (χ2n) is 4.08. The highest BCUT2D eigenvalue weighted by Gasteiger charge is 2.20. The molecule has 0 amide bonds. The highest BCUT2D eigenvalue weighted by atomic mass is 79.9. The Balaban J connectivity index is 2.52. The van der Waals surface area contributed by atoms with Crippen LogP contribution in [0.1, 0.15) is 16.1 Å². The Bertz CT molecular complexity index is 675. The average molecular weight is 369 g/mol. The number of nitro groups is 1. The van der Waals surface area contributed by atoms with Crippen molar-refractivity contribution >= 4 is 39.3 Å². The highest BCUT2D eigenvalue weighted by molar-refractivity contribution is 9.10. The van der Waals surface area contributed by atoms with E-state index in [1.165, 1.54) is 12.1 Å². The van der Waals surface area contributed by atoms with Gasteiger partial charge in [0.25, 0.3) is 0 Å². The van der Waals surface area contributed by atoms with Crippen LogP contribution in [0.3, 0.4) is 0 Å². The zero-order chi connectivity index (χ0) is 15.6. The molecule has 0 unspecified atom stereocenters. The van der Waals surface area contributed by atoms with Crippen LogP contribution in [0.4, 0.5) is 5.69 Å². The Labute approximate surface area is 132 Å². The van der Waals surface area contributed by atoms with E-state index in [9.17, 15) is 20.0 Å². The number of hydrogen-bond acceptors (Lipinski definition) is 5. The lowest BCUT2D eigenvalue weighted by Crippen LogP contribution is -2.00. The molecule has 0 atom stereocenters. The van der Waals surface area contributed by atoms with Crippen molar-refractivity contribution in [2.45, 2.75) is 16.8 Å². The first-order valence-corrected chi connectivity index (χ1v) is 7.32. The molecule has 0 aliphatic rings. The molecule has 1 N–H and O–H groups in total. The topological polar surface area (TPSA) is 93.3 Å². The first-order chi connectivity index (χ1) is 9.88. The van der Waals surface area contributed by atoms with E-state index in [1.807, 2.05) is 0 Å². The smallest absolute Gasteiger partial charge is 0.336 e. The molecule has 1 aromatic heterocycles. The van der Waals surface area contributed by atoms with Gasteiger partial charge in [-0.15, -0.1) is 0 Å². The molecule has 0 saturated carbocycles. The van der Waals surface area contributed by atoms with Crippen LogP contribution in [0, 0.1) is 17.0 Å². The number of benzene rings is 1. The van der Waals surface area contributed by atoms with Gasteiger partial charge in [-0.25, -0.2) is 9.78 Å². The molecule has 21 heavy (non-hydrogen) atoms. The molecule has 0 aliphatic carbocycles. The summed E-state index contributed by atoms with van der Waals surface area (Å²) in [5.74, 6) is -1.10. The second-order valence-corrected chi connectivity index (χ2v) is 6.03. The fourth-order valence-corrected chi connectivity index (χ4v) is 3.21. The maximum Gasteiger partial charge on any atom is 0.336 e. The zero-order valence-corrected chi connectivity index (χ0v) is 13.1. The first-order valence-electron chi connectivity index (χ1n) is 5.71. The normalized spacial score (nSPS) is 10.4. The SMILES string of the molecule is Cc1ccc([N+](=O)[O-])c(Sc2cc(Br)ccc2C(=O)O)n1. The summed E-state index contributed by atoms with van der Waals surface area (Å²) in [6.45, 7) is 1.72. The number of aromatic nitrogens is 1. The summed E-state index contributed by atoms with van der Waals surface area (Å²) in [6.07, 6.45) is 0. The predicted molar refractivity (Wildman–Crippen MR) is 80.9 cm³/mol. The number of nitrogens with zero attached hydrogens (tertiary/aromatic N) is 2. The number of pyridine rings is 1. The molecule has 0 saturated heterocycles. The predicted octanol–water partition coefficient (Wildman–Crippen LogP) is 3.91. The molecule has 0 fully saturated rings. The number of carbonyl (C=O) groups is 1. The molecule has 0 aliphatic heterocycles. The number of aryl methyl sites for hydroxylation is 1. The first kappa shape index (κ1) is 15.5. The fraction of sp³-hybridized carbons (Fsp3) is 0.0769. The Hall–Kier alpha value is -1.93. The van der Waals surface area contributed by atoms with E-state index in [4.69, 9.17) is 0 Å². The monoisotopic (exact) mass is 368 g/mol. The van der Waals surface area contributed by atoms with Crippen LogP contribution >= 0.6 is 27.7 Å². The molecule has 108 valence electrons. The van der Waals surface area contributed by atoms with E-state index >= 15 is 0 Å². The number of halogens is 1. The van der Waals surface area contributed by atoms with E-state index in [2.05, 4.69) is 20.9 Å². The van der Waals surface area contributed by atoms with Crippen LogP contribution in [0.15, 0.2) is 44.7 Å². The molecular formula is C13H9BrN2O4S. The van der Waals surface area contributed by atoms with Crippen LogP contribution < -0.4 is 0 Å². The number of rotatable bonds is 4. The third-order valence-electron chi connectivity index (χ3n) is 2.56. The molecule has 0 radical (unpaired) electrons. The largest absolute Gasteiger partial charge is 0.478 e. The van der Waals surface area contributed by atoms with Crippen LogP contribution in [0.25, 0.3) is 0 Å². The molecule has 6 nitrogen and oxygen atoms in total. The van der Waals surface area contributed by atoms with Crippen LogP contribution in [-0.2, 0) is 0 Å². The number of hydrogen-bond donors (Lipinski definition) is 1. The minimum absolute atomic E-state index is 0.0702. The minimum atomic E-state index is -1.10. The average Bonchev–Trinajstić information content (AvgIpc) is 2.38. The molecule has 0 spiro atoms. The van der Waals surface area contributed by atoms with Gasteiger partial charge in [-0.1, -0.05) is 27.7 Å². The van der Waals surface area contributed by atoms with E-state index in [0.29, 0.717) is 15.1 Å². The van der Waals surface area contributed by atoms with Crippen molar-refractivity contribution in [1.29, 1.82) is 0 Å². The van der Waals surface area contributed by atoms with Gasteiger partial charge in [0.1, 0.15) is 0 Å². The van der Waals surface area contributed by atoms with Gasteiger partial charge in [0.05, 0.1) is 10.5 Å². The van der Waals surface area contributed by atoms with E-state index in [0.717, 1.165) is 11.8 Å². The number of aromatic carboxylic acids is 1. The molecule has 1 heterocycles. The summed E-state index contributed by atoms with van der Waals surface area (Å²) in [5, 5.41) is 20.4. The van der Waals surface area contributed by atoms with Gasteiger partial charge in [0, 0.05) is 21.1 Å². The van der Waals surface area contributed by atoms with Gasteiger partial charge >= 0.3 is 11.7 Å². The summed E-state index contributed by atoms with van der Waals surface area (Å²) >= 11 is 4.22. The summed E-state index contributed by atoms with van der Waals surface area (Å²) in [7, 11) is 0. The summed E-state index contributed by atoms with van der Waals surface area (Å²) in [4.78, 5) is 26.2. The molecule has 8 heteroatoms. The maximum absolute atomic E-state index is 11.2. The molecule has 2 rings (SSSR count). The van der Waals surface area contributed by atoms with Gasteiger partial charge in [-0.05, 0) is 31.2 Å². The molecular weight excluding hydrogens is 360 g/mol. The van der Waals surface area contributed by atoms with Crippen LogP contribution in [0.2, 0.25) is 0 Å². The maximum atomic E-state index is 11.2. The van der Waals surface area contributed by atoms with Crippen molar-refractivity contribution in [1.82, 2.24) is 4.98 Å². The standard InChI is InChI=1S/C13H9BrN2O4S/c1-7-2-5-10(16(19)20)12(15-7)21-11-6-8(14)3-4-9(11)13(17)18/h2-6H,1H3,(H,17,18). The van der Waals surface area contributed by atoms with Gasteiger partial charge in [0.2, 0.25) is 0 Å². The lowest BCUT2D eigenvalue weighted by Gasteiger charge is -2.07. The third-order valence-corrected chi connectivity index (χ3v) is 4.10. The van der Waals surface area contributed by atoms with Crippen molar-refractivity contribution in [3.05, 3.63) is 56.2 Å². The zero-order valence-electron chi connectivity index (χ0n) is 10.7. The van der Waals surface area contributed by atoms with Gasteiger partial charge in [-0.2, -0.15) is 0 Å². The van der Waals surface area contributed by atoms with Crippen molar-refractivity contribution in [3.8, 4) is 0 Å². The Morgan fingerprint density at radius 2 is 2.10 bits per heavy atom. The minimum Gasteiger partial charge on any atom is -0.478 e. The summed E-state index contributed by atoms with van der Waals surface area (Å²) in [5.41, 5.74) is 0.540. The molecule has 0 bridgehead atoms. The van der Waals surface area contributed by atoms with E-state index in [1.54, 1.807) is 25.1 Å². The van der Waals surface area contributed by atoms with Crippen molar-refractivity contribution in [2.75, 3.05) is 0 Å². The van der Waals surface area contributed by atoms with Gasteiger partial charge in [-0.3, -0.25) is 10.1 Å². The number of carboxylic acids is 1. The van der Waals surface area contributed by atoms with Gasteiger partial charge < -0.3 is 5.11 Å². The van der Waals surface area contributed by atoms with E-state index in [-0.39, 0.29) is 16.3 Å². The summed E-state index contributed by atoms with van der Waals surface area (Å²) in [6, 6.07) is 7.55. The van der Waals surface area contributed by atoms with Crippen LogP contribution in [-0.4, -0.2) is 21.0 Å². The van der Waals surface area contributed by atoms with Crippen molar-refractivity contribution in [3.63, 3.8) is 0 Å². The third kappa shape index (κ3) is 3.59.